The van der Waals surface area contributed by atoms with Crippen LogP contribution in [0.3, 0.4) is 0 Å². The minimum absolute atomic E-state index is 0.242. The first-order chi connectivity index (χ1) is 14.3. The van der Waals surface area contributed by atoms with Crippen LogP contribution in [0.4, 0.5) is 0 Å². The molecule has 3 rings (SSSR count). The maximum atomic E-state index is 12.0. The monoisotopic (exact) mass is 442 g/mol. The van der Waals surface area contributed by atoms with Gasteiger partial charge in [-0.3, -0.25) is 9.97 Å². The lowest BCUT2D eigenvalue weighted by atomic mass is 10.0. The zero-order valence-corrected chi connectivity index (χ0v) is 16.4. The molecule has 0 N–H and O–H groups in total. The molecule has 0 spiro atoms. The molecule has 0 radical (unpaired) electrons. The number of hydrogen-bond acceptors (Lipinski definition) is 6. The van der Waals surface area contributed by atoms with Crippen molar-refractivity contribution in [3.8, 4) is 22.5 Å². The molecule has 150 valence electrons. The van der Waals surface area contributed by atoms with Gasteiger partial charge in [0.05, 0.1) is 21.2 Å². The van der Waals surface area contributed by atoms with Gasteiger partial charge in [0.25, 0.3) is 20.0 Å². The van der Waals surface area contributed by atoms with Crippen molar-refractivity contribution in [1.82, 2.24) is 9.97 Å². The average molecular weight is 442 g/mol. The predicted molar refractivity (Wildman–Crippen MR) is 106 cm³/mol. The highest BCUT2D eigenvalue weighted by molar-refractivity contribution is 7.90. The summed E-state index contributed by atoms with van der Waals surface area (Å²) in [6.07, 6.45) is 2.77. The molecule has 14 heteroatoms. The highest BCUT2D eigenvalue weighted by atomic mass is 32.2. The number of benzene rings is 2. The minimum Gasteiger partial charge on any atom is -0.252 e. The van der Waals surface area contributed by atoms with E-state index in [2.05, 4.69) is 28.8 Å². The van der Waals surface area contributed by atoms with Crippen LogP contribution in [0.5, 0.6) is 0 Å². The summed E-state index contributed by atoms with van der Waals surface area (Å²) >= 11 is 0. The van der Waals surface area contributed by atoms with E-state index in [0.717, 1.165) is 0 Å². The van der Waals surface area contributed by atoms with Crippen LogP contribution in [0.25, 0.3) is 43.4 Å². The van der Waals surface area contributed by atoms with Gasteiger partial charge in [-0.1, -0.05) is 24.3 Å². The van der Waals surface area contributed by atoms with Crippen molar-refractivity contribution in [3.05, 3.63) is 81.8 Å². The van der Waals surface area contributed by atoms with Gasteiger partial charge in [0.1, 0.15) is 0 Å². The third-order valence-corrected chi connectivity index (χ3v) is 6.07. The maximum absolute atomic E-state index is 12.0. The molecule has 0 amide bonds. The summed E-state index contributed by atoms with van der Waals surface area (Å²) in [4.78, 5) is 12.6. The molecule has 0 unspecified atom stereocenters. The summed E-state index contributed by atoms with van der Waals surface area (Å²) in [6, 6.07) is 11.1. The normalized spacial score (nSPS) is 11.2. The molecule has 30 heavy (non-hydrogen) atoms. The van der Waals surface area contributed by atoms with Crippen molar-refractivity contribution >= 4 is 20.0 Å². The molecule has 0 atom stereocenters. The first-order valence-corrected chi connectivity index (χ1v) is 10.8. The first-order valence-electron chi connectivity index (χ1n) is 7.93. The van der Waals surface area contributed by atoms with Crippen molar-refractivity contribution in [1.29, 1.82) is 0 Å². The Bertz CT molecular complexity index is 1330. The number of hydrogen-bond donors (Lipinski definition) is 0. The van der Waals surface area contributed by atoms with Gasteiger partial charge in [-0.05, 0) is 35.3 Å². The van der Waals surface area contributed by atoms with Crippen LogP contribution >= 0.6 is 0 Å². The second-order valence-corrected chi connectivity index (χ2v) is 8.77. The molecular formula is C16H10N8O4S2. The second-order valence-electron chi connectivity index (χ2n) is 5.60. The molecule has 12 nitrogen and oxygen atoms in total. The van der Waals surface area contributed by atoms with Crippen molar-refractivity contribution in [3.63, 3.8) is 0 Å². The van der Waals surface area contributed by atoms with Crippen LogP contribution in [0.2, 0.25) is 0 Å². The molecule has 0 saturated heterocycles. The van der Waals surface area contributed by atoms with E-state index in [-0.39, 0.29) is 21.2 Å². The topological polar surface area (TPSA) is 192 Å². The van der Waals surface area contributed by atoms with Crippen molar-refractivity contribution in [2.45, 2.75) is 9.79 Å². The number of sulfonamides is 2. The summed E-state index contributed by atoms with van der Waals surface area (Å²) in [6.45, 7) is 0. The summed E-state index contributed by atoms with van der Waals surface area (Å²) < 4.78 is 53.7. The Morgan fingerprint density at radius 3 is 1.47 bits per heavy atom. The number of rotatable bonds is 6. The smallest absolute Gasteiger partial charge is 0.252 e. The van der Waals surface area contributed by atoms with Crippen LogP contribution in [-0.4, -0.2) is 26.8 Å². The van der Waals surface area contributed by atoms with E-state index in [9.17, 15) is 16.8 Å². The van der Waals surface area contributed by atoms with Gasteiger partial charge < -0.3 is 0 Å². The molecule has 1 aromatic heterocycles. The molecule has 0 aliphatic heterocycles. The Balaban J connectivity index is 2.18. The van der Waals surface area contributed by atoms with E-state index >= 15 is 0 Å². The average Bonchev–Trinajstić information content (AvgIpc) is 2.74. The van der Waals surface area contributed by atoms with E-state index in [1.54, 1.807) is 12.1 Å². The molecule has 0 aliphatic carbocycles. The maximum Gasteiger partial charge on any atom is 0.264 e. The molecule has 0 fully saturated rings. The molecule has 0 saturated carbocycles. The van der Waals surface area contributed by atoms with Gasteiger partial charge in [0.2, 0.25) is 0 Å². The highest BCUT2D eigenvalue weighted by Gasteiger charge is 2.18. The highest BCUT2D eigenvalue weighted by Crippen LogP contribution is 2.31. The van der Waals surface area contributed by atoms with Crippen LogP contribution in [0.1, 0.15) is 0 Å². The van der Waals surface area contributed by atoms with Crippen molar-refractivity contribution in [2.75, 3.05) is 0 Å². The fourth-order valence-electron chi connectivity index (χ4n) is 2.56. The number of aromatic nitrogens is 2. The van der Waals surface area contributed by atoms with E-state index in [1.807, 2.05) is 0 Å². The number of nitrogens with zero attached hydrogens (tertiary/aromatic N) is 8. The third-order valence-electron chi connectivity index (χ3n) is 3.80. The Kier molecular flexibility index (Phi) is 5.67. The quantitative estimate of drug-likeness (QED) is 0.316. The van der Waals surface area contributed by atoms with E-state index in [4.69, 9.17) is 11.1 Å². The number of azide groups is 2. The van der Waals surface area contributed by atoms with Gasteiger partial charge in [0, 0.05) is 42.4 Å². The van der Waals surface area contributed by atoms with Crippen LogP contribution < -0.4 is 0 Å². The van der Waals surface area contributed by atoms with Gasteiger partial charge in [0.15, 0.2) is 0 Å². The molecule has 0 bridgehead atoms. The standard InChI is InChI=1S/C16H10N8O4S2/c17-21-23-29(25,26)13-5-1-3-11(9-13)15-16(20-8-7-19-15)12-4-2-6-14(10-12)30(27,28)24-22-18/h1-10H. The zero-order valence-electron chi connectivity index (χ0n) is 14.8. The second kappa shape index (κ2) is 8.19. The van der Waals surface area contributed by atoms with Crippen LogP contribution in [0.15, 0.2) is 79.8 Å². The molecule has 3 aromatic rings. The third kappa shape index (κ3) is 4.21. The summed E-state index contributed by atoms with van der Waals surface area (Å²) in [5.41, 5.74) is 18.1. The summed E-state index contributed by atoms with van der Waals surface area (Å²) in [5, 5.41) is 0. The fraction of sp³-hybridized carbons (Fsp3) is 0. The molecular weight excluding hydrogens is 432 g/mol. The Morgan fingerprint density at radius 1 is 0.700 bits per heavy atom. The molecule has 2 aromatic carbocycles. The van der Waals surface area contributed by atoms with Crippen LogP contribution in [-0.2, 0) is 20.0 Å². The van der Waals surface area contributed by atoms with Crippen molar-refractivity contribution in [2.24, 2.45) is 9.04 Å². The minimum atomic E-state index is -4.22. The van der Waals surface area contributed by atoms with Gasteiger partial charge in [-0.2, -0.15) is 0 Å². The van der Waals surface area contributed by atoms with Crippen molar-refractivity contribution < 1.29 is 16.8 Å². The SMILES string of the molecule is [N-]=[N+]=NS(=O)(=O)c1cccc(-c2nccnc2-c2cccc(S(=O)(=O)N=[N+]=[N-])c2)c1. The van der Waals surface area contributed by atoms with E-state index in [1.165, 1.54) is 48.8 Å². The van der Waals surface area contributed by atoms with Gasteiger partial charge in [-0.15, -0.1) is 0 Å². The Hall–Kier alpha value is -3.96. The Morgan fingerprint density at radius 2 is 1.10 bits per heavy atom. The molecule has 0 aliphatic rings. The lowest BCUT2D eigenvalue weighted by molar-refractivity contribution is 0.595. The molecule has 1 heterocycles. The van der Waals surface area contributed by atoms with Gasteiger partial charge >= 0.3 is 0 Å². The summed E-state index contributed by atoms with van der Waals surface area (Å²) in [5.74, 6) is 0. The van der Waals surface area contributed by atoms with E-state index < -0.39 is 20.0 Å². The largest absolute Gasteiger partial charge is 0.264 e. The Labute approximate surface area is 170 Å². The fourth-order valence-corrected chi connectivity index (χ4v) is 3.99. The van der Waals surface area contributed by atoms with E-state index in [0.29, 0.717) is 11.1 Å². The lowest BCUT2D eigenvalue weighted by Gasteiger charge is -2.10. The first kappa shape index (κ1) is 20.8. The predicted octanol–water partition coefficient (Wildman–Crippen LogP) is 3.81. The van der Waals surface area contributed by atoms with Crippen LogP contribution in [0, 0.1) is 0 Å². The lowest BCUT2D eigenvalue weighted by Crippen LogP contribution is -1.99. The van der Waals surface area contributed by atoms with Gasteiger partial charge in [-0.25, -0.2) is 16.8 Å². The zero-order chi connectivity index (χ0) is 21.8. The summed E-state index contributed by atoms with van der Waals surface area (Å²) in [7, 11) is -8.43.